The van der Waals surface area contributed by atoms with Gasteiger partial charge in [0.25, 0.3) is 0 Å². The fourth-order valence-corrected chi connectivity index (χ4v) is 3.90. The number of nitrogens with one attached hydrogen (secondary N) is 1. The summed E-state index contributed by atoms with van der Waals surface area (Å²) in [5, 5.41) is 3.27. The summed E-state index contributed by atoms with van der Waals surface area (Å²) >= 11 is 0. The van der Waals surface area contributed by atoms with Crippen molar-refractivity contribution in [1.82, 2.24) is 4.57 Å². The second kappa shape index (κ2) is 7.34. The fraction of sp³-hybridized carbons (Fsp3) is 0.476. The Bertz CT molecular complexity index is 737. The van der Waals surface area contributed by atoms with Crippen LogP contribution in [0.1, 0.15) is 54.5 Å². The molecule has 0 spiro atoms. The predicted molar refractivity (Wildman–Crippen MR) is 105 cm³/mol. The molecule has 4 nitrogen and oxygen atoms in total. The first-order chi connectivity index (χ1) is 12.0. The van der Waals surface area contributed by atoms with E-state index in [4.69, 9.17) is 0 Å². The minimum atomic E-state index is 0.142. The van der Waals surface area contributed by atoms with Crippen molar-refractivity contribution in [2.75, 3.05) is 29.9 Å². The van der Waals surface area contributed by atoms with Gasteiger partial charge in [-0.05, 0) is 70.9 Å². The first kappa shape index (κ1) is 17.6. The summed E-state index contributed by atoms with van der Waals surface area (Å²) < 4.78 is 2.22. The molecule has 1 fully saturated rings. The lowest BCUT2D eigenvalue weighted by Crippen LogP contribution is -2.18. The second-order valence-corrected chi connectivity index (χ2v) is 7.27. The maximum Gasteiger partial charge on any atom is 0.183 e. The van der Waals surface area contributed by atoms with Crippen LogP contribution < -0.4 is 10.2 Å². The Labute approximate surface area is 150 Å². The van der Waals surface area contributed by atoms with Crippen LogP contribution in [0.3, 0.4) is 0 Å². The van der Waals surface area contributed by atoms with E-state index < -0.39 is 0 Å². The molecule has 1 aromatic heterocycles. The number of hydrogen-bond acceptors (Lipinski definition) is 3. The van der Waals surface area contributed by atoms with E-state index in [1.807, 2.05) is 13.0 Å². The first-order valence-electron chi connectivity index (χ1n) is 9.28. The number of rotatable bonds is 6. The van der Waals surface area contributed by atoms with E-state index in [1.54, 1.807) is 0 Å². The zero-order valence-corrected chi connectivity index (χ0v) is 15.8. The van der Waals surface area contributed by atoms with Crippen LogP contribution in [0.5, 0.6) is 0 Å². The van der Waals surface area contributed by atoms with E-state index in [1.165, 1.54) is 18.5 Å². The average molecular weight is 339 g/mol. The highest BCUT2D eigenvalue weighted by Gasteiger charge is 2.17. The van der Waals surface area contributed by atoms with Crippen molar-refractivity contribution in [1.29, 1.82) is 0 Å². The maximum absolute atomic E-state index is 12.6. The van der Waals surface area contributed by atoms with Crippen molar-refractivity contribution in [3.63, 3.8) is 0 Å². The molecule has 0 atom stereocenters. The molecule has 1 aliphatic rings. The average Bonchev–Trinajstić information content (AvgIpc) is 3.21. The number of ketones is 1. The molecule has 134 valence electrons. The zero-order chi connectivity index (χ0) is 18.0. The number of aryl methyl sites for hydroxylation is 1. The molecule has 1 aliphatic heterocycles. The molecular formula is C21H29N3O. The highest BCUT2D eigenvalue weighted by atomic mass is 16.1. The monoisotopic (exact) mass is 339 g/mol. The molecule has 25 heavy (non-hydrogen) atoms. The summed E-state index contributed by atoms with van der Waals surface area (Å²) in [6.45, 7) is 11.0. The third kappa shape index (κ3) is 3.73. The van der Waals surface area contributed by atoms with Gasteiger partial charge in [-0.2, -0.15) is 0 Å². The lowest BCUT2D eigenvalue weighted by atomic mass is 10.1. The molecule has 2 heterocycles. The minimum absolute atomic E-state index is 0.142. The number of aromatic nitrogens is 1. The van der Waals surface area contributed by atoms with Crippen LogP contribution in [0.4, 0.5) is 11.4 Å². The van der Waals surface area contributed by atoms with Gasteiger partial charge < -0.3 is 14.8 Å². The van der Waals surface area contributed by atoms with Gasteiger partial charge in [0.05, 0.1) is 6.54 Å². The van der Waals surface area contributed by atoms with E-state index in [0.717, 1.165) is 35.7 Å². The van der Waals surface area contributed by atoms with Gasteiger partial charge in [0.2, 0.25) is 0 Å². The van der Waals surface area contributed by atoms with Gasteiger partial charge in [-0.3, -0.25) is 4.79 Å². The molecule has 3 rings (SSSR count). The Balaban J connectivity index is 1.63. The minimum Gasteiger partial charge on any atom is -0.378 e. The highest BCUT2D eigenvalue weighted by Crippen LogP contribution is 2.23. The van der Waals surface area contributed by atoms with E-state index in [9.17, 15) is 4.79 Å². The highest BCUT2D eigenvalue weighted by molar-refractivity contribution is 6.00. The van der Waals surface area contributed by atoms with Crippen molar-refractivity contribution in [3.8, 4) is 0 Å². The third-order valence-electron chi connectivity index (χ3n) is 5.09. The summed E-state index contributed by atoms with van der Waals surface area (Å²) in [5.74, 6) is 0.142. The molecule has 1 saturated heterocycles. The number of benzene rings is 1. The molecular weight excluding hydrogens is 310 g/mol. The van der Waals surface area contributed by atoms with E-state index in [-0.39, 0.29) is 5.78 Å². The predicted octanol–water partition coefficient (Wildman–Crippen LogP) is 4.58. The lowest BCUT2D eigenvalue weighted by Gasteiger charge is -2.18. The molecule has 0 bridgehead atoms. The molecule has 1 N–H and O–H groups in total. The maximum atomic E-state index is 12.6. The van der Waals surface area contributed by atoms with E-state index >= 15 is 0 Å². The van der Waals surface area contributed by atoms with E-state index in [0.29, 0.717) is 12.6 Å². The molecule has 0 amide bonds. The summed E-state index contributed by atoms with van der Waals surface area (Å²) in [6, 6.07) is 10.8. The van der Waals surface area contributed by atoms with Crippen LogP contribution in [-0.4, -0.2) is 30.0 Å². The molecule has 4 heteroatoms. The second-order valence-electron chi connectivity index (χ2n) is 7.27. The number of nitrogens with zero attached hydrogens (tertiary/aromatic N) is 2. The van der Waals surface area contributed by atoms with Gasteiger partial charge in [-0.15, -0.1) is 0 Å². The number of carbonyl (C=O) groups excluding carboxylic acids is 1. The Kier molecular flexibility index (Phi) is 5.16. The van der Waals surface area contributed by atoms with Crippen LogP contribution in [-0.2, 0) is 0 Å². The Morgan fingerprint density at radius 2 is 1.76 bits per heavy atom. The Morgan fingerprint density at radius 1 is 1.12 bits per heavy atom. The van der Waals surface area contributed by atoms with Crippen molar-refractivity contribution >= 4 is 17.2 Å². The number of anilines is 2. The van der Waals surface area contributed by atoms with Gasteiger partial charge in [0.1, 0.15) is 0 Å². The smallest absolute Gasteiger partial charge is 0.183 e. The lowest BCUT2D eigenvalue weighted by molar-refractivity contribution is 0.101. The van der Waals surface area contributed by atoms with Crippen molar-refractivity contribution in [2.45, 2.75) is 46.6 Å². The van der Waals surface area contributed by atoms with Gasteiger partial charge in [-0.25, -0.2) is 0 Å². The zero-order valence-electron chi connectivity index (χ0n) is 15.8. The van der Waals surface area contributed by atoms with Gasteiger partial charge in [0.15, 0.2) is 5.78 Å². The van der Waals surface area contributed by atoms with Gasteiger partial charge >= 0.3 is 0 Å². The summed E-state index contributed by atoms with van der Waals surface area (Å²) in [7, 11) is 0. The summed E-state index contributed by atoms with van der Waals surface area (Å²) in [5.41, 5.74) is 5.30. The SMILES string of the molecule is Cc1cc(C(=O)CNc2ccc(N3CCCC3)cc2)c(C)n1C(C)C. The van der Waals surface area contributed by atoms with Gasteiger partial charge in [0, 0.05) is 47.5 Å². The summed E-state index contributed by atoms with van der Waals surface area (Å²) in [6.07, 6.45) is 2.56. The van der Waals surface area contributed by atoms with Crippen LogP contribution >= 0.6 is 0 Å². The standard InChI is InChI=1S/C21H29N3O/c1-15(2)24-16(3)13-20(17(24)4)21(25)14-22-18-7-9-19(10-8-18)23-11-5-6-12-23/h7-10,13,15,22H,5-6,11-12,14H2,1-4H3. The normalized spacial score (nSPS) is 14.4. The molecule has 0 aliphatic carbocycles. The van der Waals surface area contributed by atoms with Crippen molar-refractivity contribution in [3.05, 3.63) is 47.3 Å². The van der Waals surface area contributed by atoms with Crippen LogP contribution in [0.25, 0.3) is 0 Å². The fourth-order valence-electron chi connectivity index (χ4n) is 3.90. The summed E-state index contributed by atoms with van der Waals surface area (Å²) in [4.78, 5) is 15.0. The number of carbonyl (C=O) groups is 1. The quantitative estimate of drug-likeness (QED) is 0.783. The molecule has 1 aromatic carbocycles. The Morgan fingerprint density at radius 3 is 2.32 bits per heavy atom. The number of Topliss-reactive ketones (excluding diaryl/α,β-unsaturated/α-hetero) is 1. The Hall–Kier alpha value is -2.23. The van der Waals surface area contributed by atoms with Crippen LogP contribution in [0.2, 0.25) is 0 Å². The first-order valence-corrected chi connectivity index (χ1v) is 9.28. The van der Waals surface area contributed by atoms with E-state index in [2.05, 4.69) is 59.8 Å². The molecule has 2 aromatic rings. The molecule has 0 unspecified atom stereocenters. The topological polar surface area (TPSA) is 37.3 Å². The van der Waals surface area contributed by atoms with Crippen molar-refractivity contribution < 1.29 is 4.79 Å². The number of hydrogen-bond donors (Lipinski definition) is 1. The van der Waals surface area contributed by atoms with Crippen LogP contribution in [0.15, 0.2) is 30.3 Å². The van der Waals surface area contributed by atoms with Crippen molar-refractivity contribution in [2.24, 2.45) is 0 Å². The van der Waals surface area contributed by atoms with Gasteiger partial charge in [-0.1, -0.05) is 0 Å². The third-order valence-corrected chi connectivity index (χ3v) is 5.09. The molecule has 0 radical (unpaired) electrons. The van der Waals surface area contributed by atoms with Crippen LogP contribution in [0, 0.1) is 13.8 Å². The largest absolute Gasteiger partial charge is 0.378 e. The molecule has 0 saturated carbocycles.